The lowest BCUT2D eigenvalue weighted by Gasteiger charge is -2.35. The molecule has 8 heteroatoms. The first-order valence-corrected chi connectivity index (χ1v) is 11.0. The second-order valence-corrected chi connectivity index (χ2v) is 8.76. The van der Waals surface area contributed by atoms with Gasteiger partial charge in [-0.3, -0.25) is 4.79 Å². The van der Waals surface area contributed by atoms with E-state index in [1.165, 1.54) is 6.33 Å². The molecular weight excluding hydrogens is 426 g/mol. The van der Waals surface area contributed by atoms with Gasteiger partial charge in [-0.25, -0.2) is 15.0 Å². The van der Waals surface area contributed by atoms with Gasteiger partial charge in [0.2, 0.25) is 0 Å². The van der Waals surface area contributed by atoms with Crippen LogP contribution in [0.2, 0.25) is 5.02 Å². The number of hydrogen-bond donors (Lipinski definition) is 2. The molecule has 3 aromatic rings. The van der Waals surface area contributed by atoms with Gasteiger partial charge in [0.1, 0.15) is 12.1 Å². The minimum Gasteiger partial charge on any atom is -0.390 e. The van der Waals surface area contributed by atoms with Crippen LogP contribution in [0.5, 0.6) is 0 Å². The summed E-state index contributed by atoms with van der Waals surface area (Å²) in [6.07, 6.45) is 5.07. The van der Waals surface area contributed by atoms with Crippen LogP contribution in [0.4, 0.5) is 5.82 Å². The molecule has 4 rings (SSSR count). The molecular formula is C24H26ClN5O2. The summed E-state index contributed by atoms with van der Waals surface area (Å²) in [5.74, 6) is 0.312. The van der Waals surface area contributed by atoms with E-state index in [4.69, 9.17) is 17.3 Å². The molecule has 0 unspecified atom stereocenters. The van der Waals surface area contributed by atoms with Crippen molar-refractivity contribution in [1.29, 1.82) is 0 Å². The Morgan fingerprint density at radius 3 is 2.50 bits per heavy atom. The van der Waals surface area contributed by atoms with Gasteiger partial charge >= 0.3 is 0 Å². The fraction of sp³-hybridized carbons (Fsp3) is 0.333. The molecule has 32 heavy (non-hydrogen) atoms. The molecule has 0 saturated carbocycles. The molecule has 3 N–H and O–H groups in total. The lowest BCUT2D eigenvalue weighted by atomic mass is 9.93. The highest BCUT2D eigenvalue weighted by molar-refractivity contribution is 6.34. The van der Waals surface area contributed by atoms with Gasteiger partial charge in [0, 0.05) is 36.0 Å². The summed E-state index contributed by atoms with van der Waals surface area (Å²) in [5.41, 5.74) is 9.61. The van der Waals surface area contributed by atoms with E-state index >= 15 is 0 Å². The number of halogens is 1. The van der Waals surface area contributed by atoms with E-state index in [9.17, 15) is 9.90 Å². The Morgan fingerprint density at radius 2 is 1.88 bits per heavy atom. The molecule has 2 aromatic heterocycles. The smallest absolute Gasteiger partial charge is 0.255 e. The second-order valence-electron chi connectivity index (χ2n) is 8.35. The molecule has 0 aliphatic carbocycles. The standard InChI is InChI=1S/C24H26ClN5O2/c1-3-19-21(16-5-7-20(26)27-13-16)22(29-14-28-19)15-4-6-17(18(25)12-15)23(31)30-10-8-24(2,32)9-11-30/h4-7,12-14,32H,3,8-11H2,1-2H3,(H2,26,27). The number of aryl methyl sites for hydroxylation is 1. The second kappa shape index (κ2) is 8.84. The highest BCUT2D eigenvalue weighted by Gasteiger charge is 2.30. The molecule has 0 bridgehead atoms. The predicted octanol–water partition coefficient (Wildman–Crippen LogP) is 3.99. The quantitative estimate of drug-likeness (QED) is 0.621. The van der Waals surface area contributed by atoms with Crippen molar-refractivity contribution < 1.29 is 9.90 Å². The number of amides is 1. The van der Waals surface area contributed by atoms with Crippen LogP contribution in [0.15, 0.2) is 42.9 Å². The molecule has 0 atom stereocenters. The molecule has 166 valence electrons. The first kappa shape index (κ1) is 22.2. The van der Waals surface area contributed by atoms with E-state index in [-0.39, 0.29) is 5.91 Å². The molecule has 0 spiro atoms. The van der Waals surface area contributed by atoms with Crippen molar-refractivity contribution in [1.82, 2.24) is 19.9 Å². The molecule has 1 aliphatic rings. The van der Waals surface area contributed by atoms with Crippen LogP contribution in [0.3, 0.4) is 0 Å². The fourth-order valence-electron chi connectivity index (χ4n) is 3.96. The predicted molar refractivity (Wildman–Crippen MR) is 125 cm³/mol. The summed E-state index contributed by atoms with van der Waals surface area (Å²) < 4.78 is 0. The largest absolute Gasteiger partial charge is 0.390 e. The maximum atomic E-state index is 13.0. The van der Waals surface area contributed by atoms with Gasteiger partial charge in [-0.15, -0.1) is 0 Å². The van der Waals surface area contributed by atoms with Crippen LogP contribution in [0.1, 0.15) is 42.7 Å². The minimum atomic E-state index is -0.720. The third-order valence-electron chi connectivity index (χ3n) is 5.94. The van der Waals surface area contributed by atoms with Crippen molar-refractivity contribution in [3.05, 3.63) is 59.1 Å². The molecule has 1 aliphatic heterocycles. The zero-order valence-corrected chi connectivity index (χ0v) is 18.9. The Morgan fingerprint density at radius 1 is 1.16 bits per heavy atom. The number of hydrogen-bond acceptors (Lipinski definition) is 6. The molecule has 3 heterocycles. The van der Waals surface area contributed by atoms with Crippen molar-refractivity contribution in [2.24, 2.45) is 0 Å². The van der Waals surface area contributed by atoms with Gasteiger partial charge < -0.3 is 15.7 Å². The lowest BCUT2D eigenvalue weighted by Crippen LogP contribution is -2.45. The summed E-state index contributed by atoms with van der Waals surface area (Å²) in [6, 6.07) is 9.01. The van der Waals surface area contributed by atoms with E-state index in [1.807, 2.05) is 19.1 Å². The van der Waals surface area contributed by atoms with Crippen LogP contribution in [0, 0.1) is 0 Å². The van der Waals surface area contributed by atoms with Gasteiger partial charge in [0.25, 0.3) is 5.91 Å². The van der Waals surface area contributed by atoms with Crippen LogP contribution >= 0.6 is 11.6 Å². The van der Waals surface area contributed by atoms with Crippen molar-refractivity contribution in [2.75, 3.05) is 18.8 Å². The summed E-state index contributed by atoms with van der Waals surface area (Å²) >= 11 is 6.57. The van der Waals surface area contributed by atoms with E-state index in [0.717, 1.165) is 34.5 Å². The third-order valence-corrected chi connectivity index (χ3v) is 6.25. The van der Waals surface area contributed by atoms with Crippen molar-refractivity contribution in [3.63, 3.8) is 0 Å². The summed E-state index contributed by atoms with van der Waals surface area (Å²) in [5, 5.41) is 10.5. The van der Waals surface area contributed by atoms with Crippen molar-refractivity contribution in [2.45, 2.75) is 38.7 Å². The summed E-state index contributed by atoms with van der Waals surface area (Å²) in [4.78, 5) is 27.9. The Bertz CT molecular complexity index is 1140. The van der Waals surface area contributed by atoms with E-state index < -0.39 is 5.60 Å². The molecule has 1 aromatic carbocycles. The van der Waals surface area contributed by atoms with E-state index in [1.54, 1.807) is 36.2 Å². The zero-order chi connectivity index (χ0) is 22.9. The number of carbonyl (C=O) groups excluding carboxylic acids is 1. The molecule has 1 fully saturated rings. The monoisotopic (exact) mass is 451 g/mol. The lowest BCUT2D eigenvalue weighted by molar-refractivity contribution is -0.00201. The number of aromatic nitrogens is 3. The Kier molecular flexibility index (Phi) is 6.13. The minimum absolute atomic E-state index is 0.128. The number of rotatable bonds is 4. The first-order valence-electron chi connectivity index (χ1n) is 10.7. The maximum absolute atomic E-state index is 13.0. The van der Waals surface area contributed by atoms with Crippen molar-refractivity contribution in [3.8, 4) is 22.4 Å². The number of benzene rings is 1. The molecule has 0 radical (unpaired) electrons. The Hall–Kier alpha value is -3.03. The van der Waals surface area contributed by atoms with Crippen LogP contribution in [0.25, 0.3) is 22.4 Å². The summed E-state index contributed by atoms with van der Waals surface area (Å²) in [6.45, 7) is 4.84. The summed E-state index contributed by atoms with van der Waals surface area (Å²) in [7, 11) is 0. The van der Waals surface area contributed by atoms with Crippen LogP contribution in [-0.2, 0) is 6.42 Å². The average molecular weight is 452 g/mol. The van der Waals surface area contributed by atoms with Gasteiger partial charge in [-0.2, -0.15) is 0 Å². The number of nitrogens with two attached hydrogens (primary N) is 1. The first-order chi connectivity index (χ1) is 15.3. The number of carbonyl (C=O) groups is 1. The van der Waals surface area contributed by atoms with Gasteiger partial charge in [-0.05, 0) is 50.5 Å². The zero-order valence-electron chi connectivity index (χ0n) is 18.2. The third kappa shape index (κ3) is 4.45. The number of nitrogens with zero attached hydrogens (tertiary/aromatic N) is 4. The number of likely N-dealkylation sites (tertiary alicyclic amines) is 1. The highest BCUT2D eigenvalue weighted by atomic mass is 35.5. The SMILES string of the molecule is CCc1ncnc(-c2ccc(C(=O)N3CCC(C)(O)CC3)c(Cl)c2)c1-c1ccc(N)nc1. The molecule has 1 saturated heterocycles. The number of anilines is 1. The van der Waals surface area contributed by atoms with Crippen molar-refractivity contribution >= 4 is 23.3 Å². The highest BCUT2D eigenvalue weighted by Crippen LogP contribution is 2.35. The number of pyridine rings is 1. The molecule has 7 nitrogen and oxygen atoms in total. The van der Waals surface area contributed by atoms with E-state index in [0.29, 0.717) is 42.3 Å². The number of piperidine rings is 1. The van der Waals surface area contributed by atoms with Gasteiger partial charge in [0.15, 0.2) is 0 Å². The van der Waals surface area contributed by atoms with Gasteiger partial charge in [0.05, 0.1) is 27.6 Å². The van der Waals surface area contributed by atoms with Gasteiger partial charge in [-0.1, -0.05) is 24.6 Å². The van der Waals surface area contributed by atoms with E-state index in [2.05, 4.69) is 15.0 Å². The topological polar surface area (TPSA) is 105 Å². The maximum Gasteiger partial charge on any atom is 0.255 e. The number of nitrogen functional groups attached to an aromatic ring is 1. The Balaban J connectivity index is 1.69. The molecule has 1 amide bonds. The number of aliphatic hydroxyl groups is 1. The fourth-order valence-corrected chi connectivity index (χ4v) is 4.22. The average Bonchev–Trinajstić information content (AvgIpc) is 2.78. The van der Waals surface area contributed by atoms with Crippen LogP contribution < -0.4 is 5.73 Å². The normalized spacial score (nSPS) is 15.6. The van der Waals surface area contributed by atoms with Crippen LogP contribution in [-0.4, -0.2) is 49.6 Å². The Labute approximate surface area is 192 Å².